The van der Waals surface area contributed by atoms with E-state index < -0.39 is 0 Å². The van der Waals surface area contributed by atoms with Gasteiger partial charge in [0.2, 0.25) is 0 Å². The Hall–Kier alpha value is -2.56. The maximum atomic E-state index is 5.26. The van der Waals surface area contributed by atoms with Gasteiger partial charge in [0.15, 0.2) is 0 Å². The Kier molecular flexibility index (Phi) is 6.02. The molecule has 1 fully saturated rings. The Labute approximate surface area is 174 Å². The fraction of sp³-hybridized carbons (Fsp3) is 0.500. The molecule has 0 spiro atoms. The third kappa shape index (κ3) is 4.72. The van der Waals surface area contributed by atoms with E-state index in [-0.39, 0.29) is 6.04 Å². The van der Waals surface area contributed by atoms with Crippen molar-refractivity contribution < 1.29 is 0 Å². The van der Waals surface area contributed by atoms with Gasteiger partial charge in [0.25, 0.3) is 0 Å². The van der Waals surface area contributed by atoms with Gasteiger partial charge in [-0.05, 0) is 49.9 Å². The summed E-state index contributed by atoms with van der Waals surface area (Å²) >= 11 is 0. The number of rotatable bonds is 5. The van der Waals surface area contributed by atoms with Crippen molar-refractivity contribution in [2.24, 2.45) is 10.9 Å². The van der Waals surface area contributed by atoms with Crippen molar-refractivity contribution in [1.82, 2.24) is 10.3 Å². The second kappa shape index (κ2) is 8.85. The number of fused-ring (bicyclic) bond motifs is 1. The first-order chi connectivity index (χ1) is 14.1. The molecule has 5 nitrogen and oxygen atoms in total. The Balaban J connectivity index is 1.61. The van der Waals surface area contributed by atoms with Crippen LogP contribution in [0.5, 0.6) is 0 Å². The molecule has 1 aromatic carbocycles. The number of nitrogens with zero attached hydrogens (tertiary/aromatic N) is 3. The molecule has 0 saturated heterocycles. The SMILES string of the molecule is Cc1ccc2c(c1)C(=N[C@H]1CCCC[C@H]1Nc1ccccn1)NCN2CC(C)C. The van der Waals surface area contributed by atoms with Gasteiger partial charge in [0, 0.05) is 30.0 Å². The van der Waals surface area contributed by atoms with Crippen molar-refractivity contribution in [3.63, 3.8) is 0 Å². The van der Waals surface area contributed by atoms with E-state index in [0.29, 0.717) is 12.0 Å². The van der Waals surface area contributed by atoms with Crippen molar-refractivity contribution in [3.05, 3.63) is 53.7 Å². The second-order valence-electron chi connectivity index (χ2n) is 8.77. The average molecular weight is 392 g/mol. The van der Waals surface area contributed by atoms with Crippen molar-refractivity contribution in [3.8, 4) is 0 Å². The summed E-state index contributed by atoms with van der Waals surface area (Å²) in [6.45, 7) is 8.56. The summed E-state index contributed by atoms with van der Waals surface area (Å²) in [5.41, 5.74) is 3.81. The van der Waals surface area contributed by atoms with Crippen LogP contribution >= 0.6 is 0 Å². The van der Waals surface area contributed by atoms with Gasteiger partial charge in [-0.25, -0.2) is 4.98 Å². The zero-order chi connectivity index (χ0) is 20.2. The molecule has 0 amide bonds. The topological polar surface area (TPSA) is 52.6 Å². The molecular weight excluding hydrogens is 358 g/mol. The van der Waals surface area contributed by atoms with Crippen LogP contribution in [0.3, 0.4) is 0 Å². The van der Waals surface area contributed by atoms with Gasteiger partial charge in [-0.15, -0.1) is 0 Å². The molecule has 4 rings (SSSR count). The predicted octanol–water partition coefficient (Wildman–Crippen LogP) is 4.58. The summed E-state index contributed by atoms with van der Waals surface area (Å²) in [6, 6.07) is 13.4. The zero-order valence-corrected chi connectivity index (χ0v) is 17.9. The molecule has 154 valence electrons. The van der Waals surface area contributed by atoms with Crippen molar-refractivity contribution in [2.45, 2.75) is 58.5 Å². The summed E-state index contributed by atoms with van der Waals surface area (Å²) in [7, 11) is 0. The largest absolute Gasteiger partial charge is 0.365 e. The maximum Gasteiger partial charge on any atom is 0.132 e. The van der Waals surface area contributed by atoms with Crippen LogP contribution in [-0.2, 0) is 0 Å². The molecule has 0 unspecified atom stereocenters. The summed E-state index contributed by atoms with van der Waals surface area (Å²) in [4.78, 5) is 12.1. The van der Waals surface area contributed by atoms with E-state index in [2.05, 4.69) is 59.5 Å². The van der Waals surface area contributed by atoms with E-state index in [1.807, 2.05) is 24.4 Å². The third-order valence-electron chi connectivity index (χ3n) is 5.79. The van der Waals surface area contributed by atoms with Crippen LogP contribution in [0.25, 0.3) is 0 Å². The molecule has 2 N–H and O–H groups in total. The van der Waals surface area contributed by atoms with Gasteiger partial charge in [0.1, 0.15) is 11.7 Å². The summed E-state index contributed by atoms with van der Waals surface area (Å²) < 4.78 is 0. The summed E-state index contributed by atoms with van der Waals surface area (Å²) in [6.07, 6.45) is 6.58. The first kappa shape index (κ1) is 19.7. The minimum absolute atomic E-state index is 0.262. The molecule has 0 radical (unpaired) electrons. The highest BCUT2D eigenvalue weighted by Crippen LogP contribution is 2.29. The van der Waals surface area contributed by atoms with E-state index in [1.165, 1.54) is 29.7 Å². The molecule has 2 aromatic rings. The predicted molar refractivity (Wildman–Crippen MR) is 122 cm³/mol. The lowest BCUT2D eigenvalue weighted by Crippen LogP contribution is -2.46. The lowest BCUT2D eigenvalue weighted by Gasteiger charge is -2.36. The van der Waals surface area contributed by atoms with Crippen LogP contribution in [0.1, 0.15) is 50.7 Å². The zero-order valence-electron chi connectivity index (χ0n) is 17.9. The average Bonchev–Trinajstić information content (AvgIpc) is 2.71. The van der Waals surface area contributed by atoms with E-state index in [4.69, 9.17) is 4.99 Å². The summed E-state index contributed by atoms with van der Waals surface area (Å²) in [5, 5.41) is 7.26. The first-order valence-electron chi connectivity index (χ1n) is 11.0. The van der Waals surface area contributed by atoms with Gasteiger partial charge in [-0.3, -0.25) is 4.99 Å². The van der Waals surface area contributed by atoms with Gasteiger partial charge in [0.05, 0.1) is 12.7 Å². The minimum Gasteiger partial charge on any atom is -0.365 e. The van der Waals surface area contributed by atoms with Crippen molar-refractivity contribution in [2.75, 3.05) is 23.4 Å². The highest BCUT2D eigenvalue weighted by atomic mass is 15.3. The monoisotopic (exact) mass is 391 g/mol. The van der Waals surface area contributed by atoms with Crippen LogP contribution in [0.15, 0.2) is 47.6 Å². The molecule has 0 bridgehead atoms. The molecule has 2 aliphatic rings. The van der Waals surface area contributed by atoms with E-state index in [9.17, 15) is 0 Å². The molecular formula is C24H33N5. The van der Waals surface area contributed by atoms with Gasteiger partial charge < -0.3 is 15.5 Å². The van der Waals surface area contributed by atoms with Crippen LogP contribution in [0, 0.1) is 12.8 Å². The lowest BCUT2D eigenvalue weighted by atomic mass is 9.90. The smallest absolute Gasteiger partial charge is 0.132 e. The minimum atomic E-state index is 0.262. The second-order valence-corrected chi connectivity index (χ2v) is 8.77. The van der Waals surface area contributed by atoms with Crippen LogP contribution in [0.2, 0.25) is 0 Å². The normalized spacial score (nSPS) is 23.0. The Morgan fingerprint density at radius 1 is 1.21 bits per heavy atom. The fourth-order valence-corrected chi connectivity index (χ4v) is 4.42. The number of aryl methyl sites for hydroxylation is 1. The molecule has 5 heteroatoms. The highest BCUT2D eigenvalue weighted by Gasteiger charge is 2.28. The number of pyridine rings is 1. The van der Waals surface area contributed by atoms with Gasteiger partial charge in [-0.2, -0.15) is 0 Å². The Bertz CT molecular complexity index is 846. The number of aromatic nitrogens is 1. The highest BCUT2D eigenvalue weighted by molar-refractivity contribution is 6.05. The molecule has 29 heavy (non-hydrogen) atoms. The van der Waals surface area contributed by atoms with Crippen LogP contribution in [0.4, 0.5) is 11.5 Å². The number of hydrogen-bond acceptors (Lipinski definition) is 4. The number of anilines is 2. The molecule has 1 aromatic heterocycles. The number of benzene rings is 1. The van der Waals surface area contributed by atoms with Crippen molar-refractivity contribution in [1.29, 1.82) is 0 Å². The van der Waals surface area contributed by atoms with Gasteiger partial charge >= 0.3 is 0 Å². The lowest BCUT2D eigenvalue weighted by molar-refractivity contribution is 0.404. The number of aliphatic imine (C=N–C) groups is 1. The van der Waals surface area contributed by atoms with Crippen LogP contribution < -0.4 is 15.5 Å². The maximum absolute atomic E-state index is 5.26. The van der Waals surface area contributed by atoms with Gasteiger partial charge in [-0.1, -0.05) is 44.4 Å². The first-order valence-corrected chi connectivity index (χ1v) is 11.0. The van der Waals surface area contributed by atoms with Crippen LogP contribution in [-0.4, -0.2) is 36.1 Å². The quantitative estimate of drug-likeness (QED) is 0.783. The molecule has 1 aliphatic heterocycles. The summed E-state index contributed by atoms with van der Waals surface area (Å²) in [5.74, 6) is 2.61. The Morgan fingerprint density at radius 2 is 2.07 bits per heavy atom. The number of nitrogens with one attached hydrogen (secondary N) is 2. The third-order valence-corrected chi connectivity index (χ3v) is 5.79. The van der Waals surface area contributed by atoms with Crippen molar-refractivity contribution >= 4 is 17.3 Å². The fourth-order valence-electron chi connectivity index (χ4n) is 4.42. The van der Waals surface area contributed by atoms with E-state index >= 15 is 0 Å². The molecule has 2 heterocycles. The van der Waals surface area contributed by atoms with E-state index in [1.54, 1.807) is 0 Å². The molecule has 2 atom stereocenters. The molecule has 1 aliphatic carbocycles. The number of hydrogen-bond donors (Lipinski definition) is 2. The van der Waals surface area contributed by atoms with E-state index in [0.717, 1.165) is 37.7 Å². The Morgan fingerprint density at radius 3 is 2.86 bits per heavy atom. The molecule has 1 saturated carbocycles. The standard InChI is InChI=1S/C24H33N5/c1-17(2)15-29-16-26-24(19-14-18(3)11-12-22(19)29)28-21-9-5-4-8-20(21)27-23-10-6-7-13-25-23/h6-7,10-14,17,20-21H,4-5,8-9,15-16H2,1-3H3,(H,25,27)(H,26,28)/t20-,21+/m1/s1. The number of amidine groups is 1.